The average molecular weight is 392 g/mol. The minimum atomic E-state index is 0. The molecule has 3 heterocycles. The molecule has 2 atom stereocenters. The normalized spacial score (nSPS) is 24.5. The van der Waals surface area contributed by atoms with E-state index in [-0.39, 0.29) is 17.0 Å². The van der Waals surface area contributed by atoms with Crippen molar-refractivity contribution < 1.29 is 0 Å². The SMILES string of the molecule is Br.CCCN1CCN(CC)C2CCn3c(c(C)c4ccccc43)C21. The van der Waals surface area contributed by atoms with Gasteiger partial charge in [-0.15, -0.1) is 17.0 Å². The van der Waals surface area contributed by atoms with Crippen LogP contribution in [-0.4, -0.2) is 46.6 Å². The van der Waals surface area contributed by atoms with Gasteiger partial charge in [0.05, 0.1) is 6.04 Å². The van der Waals surface area contributed by atoms with Crippen LogP contribution in [0, 0.1) is 6.92 Å². The smallest absolute Gasteiger partial charge is 0.0662 e. The topological polar surface area (TPSA) is 11.4 Å². The second kappa shape index (κ2) is 7.19. The molecule has 4 heteroatoms. The van der Waals surface area contributed by atoms with Gasteiger partial charge < -0.3 is 4.57 Å². The molecule has 0 spiro atoms. The van der Waals surface area contributed by atoms with Crippen molar-refractivity contribution in [2.75, 3.05) is 26.2 Å². The first-order valence-corrected chi connectivity index (χ1v) is 9.32. The number of aryl methyl sites for hydroxylation is 2. The Labute approximate surface area is 156 Å². The maximum atomic E-state index is 2.76. The number of benzene rings is 1. The highest BCUT2D eigenvalue weighted by molar-refractivity contribution is 8.93. The summed E-state index contributed by atoms with van der Waals surface area (Å²) in [6.07, 6.45) is 2.53. The molecular formula is C20H30BrN3. The summed E-state index contributed by atoms with van der Waals surface area (Å²) >= 11 is 0. The molecule has 132 valence electrons. The van der Waals surface area contributed by atoms with Gasteiger partial charge in [0.25, 0.3) is 0 Å². The summed E-state index contributed by atoms with van der Waals surface area (Å²) in [6.45, 7) is 13.0. The minimum absolute atomic E-state index is 0. The molecule has 1 fully saturated rings. The second-order valence-electron chi connectivity index (χ2n) is 7.14. The van der Waals surface area contributed by atoms with E-state index in [1.807, 2.05) is 0 Å². The van der Waals surface area contributed by atoms with Gasteiger partial charge in [-0.3, -0.25) is 9.80 Å². The molecule has 4 rings (SSSR count). The molecule has 1 saturated heterocycles. The summed E-state index contributed by atoms with van der Waals surface area (Å²) in [5, 5.41) is 1.45. The zero-order chi connectivity index (χ0) is 16.0. The Morgan fingerprint density at radius 3 is 2.54 bits per heavy atom. The van der Waals surface area contributed by atoms with Crippen LogP contribution in [0.1, 0.15) is 44.0 Å². The van der Waals surface area contributed by atoms with Crippen molar-refractivity contribution in [3.8, 4) is 0 Å². The fourth-order valence-corrected chi connectivity index (χ4v) is 5.01. The van der Waals surface area contributed by atoms with Gasteiger partial charge in [-0.05, 0) is 44.5 Å². The summed E-state index contributed by atoms with van der Waals surface area (Å²) in [5.74, 6) is 0. The van der Waals surface area contributed by atoms with Gasteiger partial charge in [-0.25, -0.2) is 0 Å². The van der Waals surface area contributed by atoms with E-state index in [0.717, 1.165) is 0 Å². The van der Waals surface area contributed by atoms with E-state index in [4.69, 9.17) is 0 Å². The second-order valence-corrected chi connectivity index (χ2v) is 7.14. The summed E-state index contributed by atoms with van der Waals surface area (Å²) in [7, 11) is 0. The van der Waals surface area contributed by atoms with Crippen LogP contribution < -0.4 is 0 Å². The maximum Gasteiger partial charge on any atom is 0.0662 e. The number of hydrogen-bond donors (Lipinski definition) is 0. The van der Waals surface area contributed by atoms with Gasteiger partial charge in [0.2, 0.25) is 0 Å². The fourth-order valence-electron chi connectivity index (χ4n) is 5.01. The molecule has 1 aromatic heterocycles. The van der Waals surface area contributed by atoms with E-state index in [1.165, 1.54) is 62.0 Å². The number of fused-ring (bicyclic) bond motifs is 5. The predicted octanol–water partition coefficient (Wildman–Crippen LogP) is 4.39. The number of aromatic nitrogens is 1. The van der Waals surface area contributed by atoms with E-state index >= 15 is 0 Å². The molecule has 1 aromatic carbocycles. The first-order valence-electron chi connectivity index (χ1n) is 9.32. The molecule has 0 radical (unpaired) electrons. The van der Waals surface area contributed by atoms with Crippen LogP contribution in [0.15, 0.2) is 24.3 Å². The number of likely N-dealkylation sites (N-methyl/N-ethyl adjacent to an activating group) is 1. The third-order valence-corrected chi connectivity index (χ3v) is 6.02. The highest BCUT2D eigenvalue weighted by atomic mass is 79.9. The monoisotopic (exact) mass is 391 g/mol. The van der Waals surface area contributed by atoms with Crippen molar-refractivity contribution in [2.24, 2.45) is 0 Å². The first kappa shape index (κ1) is 18.0. The zero-order valence-electron chi connectivity index (χ0n) is 15.2. The highest BCUT2D eigenvalue weighted by Crippen LogP contribution is 2.42. The summed E-state index contributed by atoms with van der Waals surface area (Å²) in [6, 6.07) is 10.2. The Morgan fingerprint density at radius 2 is 1.79 bits per heavy atom. The largest absolute Gasteiger partial charge is 0.343 e. The van der Waals surface area contributed by atoms with Gasteiger partial charge in [0.15, 0.2) is 0 Å². The van der Waals surface area contributed by atoms with Crippen molar-refractivity contribution in [2.45, 2.75) is 52.2 Å². The lowest BCUT2D eigenvalue weighted by Crippen LogP contribution is -2.57. The standard InChI is InChI=1S/C20H29N3.BrH/c1-4-11-22-14-13-21(5-2)18-10-12-23-17-9-7-6-8-16(17)15(3)19(23)20(18)22;/h6-9,18,20H,4-5,10-14H2,1-3H3;1H. The van der Waals surface area contributed by atoms with Gasteiger partial charge in [0.1, 0.15) is 0 Å². The average Bonchev–Trinajstić information content (AvgIpc) is 2.88. The predicted molar refractivity (Wildman–Crippen MR) is 107 cm³/mol. The zero-order valence-corrected chi connectivity index (χ0v) is 16.9. The quantitative estimate of drug-likeness (QED) is 0.768. The number of hydrogen-bond acceptors (Lipinski definition) is 2. The summed E-state index contributed by atoms with van der Waals surface area (Å²) in [4.78, 5) is 5.48. The molecule has 0 N–H and O–H groups in total. The van der Waals surface area contributed by atoms with E-state index in [9.17, 15) is 0 Å². The lowest BCUT2D eigenvalue weighted by molar-refractivity contribution is 0.00144. The van der Waals surface area contributed by atoms with E-state index in [0.29, 0.717) is 12.1 Å². The molecule has 3 nitrogen and oxygen atoms in total. The molecule has 24 heavy (non-hydrogen) atoms. The minimum Gasteiger partial charge on any atom is -0.343 e. The number of halogens is 1. The van der Waals surface area contributed by atoms with Crippen LogP contribution in [-0.2, 0) is 6.54 Å². The third-order valence-electron chi connectivity index (χ3n) is 6.02. The molecule has 0 bridgehead atoms. The van der Waals surface area contributed by atoms with Gasteiger partial charge >= 0.3 is 0 Å². The van der Waals surface area contributed by atoms with Crippen molar-refractivity contribution in [3.05, 3.63) is 35.5 Å². The third kappa shape index (κ3) is 2.63. The molecule has 2 aliphatic heterocycles. The molecule has 2 aromatic rings. The Balaban J connectivity index is 0.00000169. The Morgan fingerprint density at radius 1 is 1.04 bits per heavy atom. The van der Waals surface area contributed by atoms with Crippen LogP contribution in [0.5, 0.6) is 0 Å². The van der Waals surface area contributed by atoms with Crippen LogP contribution in [0.4, 0.5) is 0 Å². The van der Waals surface area contributed by atoms with Gasteiger partial charge in [-0.1, -0.05) is 32.0 Å². The number of piperazine rings is 1. The Bertz CT molecular complexity index is 708. The van der Waals surface area contributed by atoms with Crippen LogP contribution in [0.3, 0.4) is 0 Å². The fraction of sp³-hybridized carbons (Fsp3) is 0.600. The van der Waals surface area contributed by atoms with E-state index in [2.05, 4.69) is 59.4 Å². The van der Waals surface area contributed by atoms with Crippen LogP contribution in [0.2, 0.25) is 0 Å². The summed E-state index contributed by atoms with van der Waals surface area (Å²) < 4.78 is 2.62. The van der Waals surface area contributed by atoms with Gasteiger partial charge in [0, 0.05) is 42.3 Å². The maximum absolute atomic E-state index is 2.76. The molecule has 2 unspecified atom stereocenters. The highest BCUT2D eigenvalue weighted by Gasteiger charge is 2.41. The number of nitrogens with zero attached hydrogens (tertiary/aromatic N) is 3. The van der Waals surface area contributed by atoms with Crippen molar-refractivity contribution >= 4 is 27.9 Å². The number of para-hydroxylation sites is 1. The lowest BCUT2D eigenvalue weighted by atomic mass is 9.90. The Kier molecular flexibility index (Phi) is 5.38. The van der Waals surface area contributed by atoms with E-state index < -0.39 is 0 Å². The van der Waals surface area contributed by atoms with Crippen molar-refractivity contribution in [1.29, 1.82) is 0 Å². The molecule has 0 amide bonds. The Hall–Kier alpha value is -0.840. The van der Waals surface area contributed by atoms with Crippen molar-refractivity contribution in [3.63, 3.8) is 0 Å². The van der Waals surface area contributed by atoms with Gasteiger partial charge in [-0.2, -0.15) is 0 Å². The van der Waals surface area contributed by atoms with Crippen LogP contribution >= 0.6 is 17.0 Å². The number of rotatable bonds is 3. The summed E-state index contributed by atoms with van der Waals surface area (Å²) in [5.41, 5.74) is 4.53. The molecule has 0 aliphatic carbocycles. The molecular weight excluding hydrogens is 362 g/mol. The molecule has 0 saturated carbocycles. The van der Waals surface area contributed by atoms with Crippen LogP contribution in [0.25, 0.3) is 10.9 Å². The lowest BCUT2D eigenvalue weighted by Gasteiger charge is -2.50. The first-order chi connectivity index (χ1) is 11.3. The van der Waals surface area contributed by atoms with Crippen molar-refractivity contribution in [1.82, 2.24) is 14.4 Å². The molecule has 2 aliphatic rings. The van der Waals surface area contributed by atoms with E-state index in [1.54, 1.807) is 5.69 Å².